The van der Waals surface area contributed by atoms with Gasteiger partial charge in [0.15, 0.2) is 0 Å². The number of pyridine rings is 1. The molecule has 0 fully saturated rings. The molecule has 0 radical (unpaired) electrons. The van der Waals surface area contributed by atoms with Crippen LogP contribution in [0.25, 0.3) is 11.3 Å². The SMILES string of the molecule is Cc1nc(-c2ccc(CCNc3ncc([N+](=O)[O-])cc3Cl)cc2)cs1. The lowest BCUT2D eigenvalue weighted by Crippen LogP contribution is -2.07. The van der Waals surface area contributed by atoms with Gasteiger partial charge in [-0.05, 0) is 18.9 Å². The second-order valence-electron chi connectivity index (χ2n) is 5.41. The Morgan fingerprint density at radius 1 is 1.32 bits per heavy atom. The summed E-state index contributed by atoms with van der Waals surface area (Å²) in [4.78, 5) is 18.6. The summed E-state index contributed by atoms with van der Waals surface area (Å²) in [6.07, 6.45) is 1.98. The van der Waals surface area contributed by atoms with Crippen molar-refractivity contribution in [3.63, 3.8) is 0 Å². The first-order chi connectivity index (χ1) is 12.0. The van der Waals surface area contributed by atoms with Gasteiger partial charge in [0.1, 0.15) is 12.0 Å². The summed E-state index contributed by atoms with van der Waals surface area (Å²) in [5.41, 5.74) is 3.14. The fraction of sp³-hybridized carbons (Fsp3) is 0.176. The Hall–Kier alpha value is -2.51. The molecule has 0 amide bonds. The molecule has 0 saturated heterocycles. The van der Waals surface area contributed by atoms with Crippen LogP contribution in [0.4, 0.5) is 11.5 Å². The second-order valence-corrected chi connectivity index (χ2v) is 6.88. The van der Waals surface area contributed by atoms with E-state index in [4.69, 9.17) is 11.6 Å². The molecule has 3 aromatic rings. The Morgan fingerprint density at radius 3 is 2.68 bits per heavy atom. The first-order valence-electron chi connectivity index (χ1n) is 7.58. The summed E-state index contributed by atoms with van der Waals surface area (Å²) in [6.45, 7) is 2.62. The fourth-order valence-corrected chi connectivity index (χ4v) is 3.17. The zero-order chi connectivity index (χ0) is 17.8. The molecule has 0 aliphatic carbocycles. The van der Waals surface area contributed by atoms with E-state index >= 15 is 0 Å². The maximum absolute atomic E-state index is 10.7. The van der Waals surface area contributed by atoms with Crippen molar-refractivity contribution in [1.29, 1.82) is 0 Å². The number of hydrogen-bond donors (Lipinski definition) is 1. The second kappa shape index (κ2) is 7.58. The van der Waals surface area contributed by atoms with Crippen molar-refractivity contribution in [2.75, 3.05) is 11.9 Å². The maximum atomic E-state index is 10.7. The number of hydrogen-bond acceptors (Lipinski definition) is 6. The molecule has 8 heteroatoms. The minimum Gasteiger partial charge on any atom is -0.368 e. The lowest BCUT2D eigenvalue weighted by atomic mass is 10.1. The summed E-state index contributed by atoms with van der Waals surface area (Å²) < 4.78 is 0. The Kier molecular flexibility index (Phi) is 5.25. The third-order valence-corrected chi connectivity index (χ3v) is 4.67. The smallest absolute Gasteiger partial charge is 0.289 e. The molecule has 0 unspecified atom stereocenters. The van der Waals surface area contributed by atoms with E-state index in [1.807, 2.05) is 12.3 Å². The highest BCUT2D eigenvalue weighted by Gasteiger charge is 2.10. The molecule has 0 bridgehead atoms. The zero-order valence-electron chi connectivity index (χ0n) is 13.4. The van der Waals surface area contributed by atoms with Crippen LogP contribution in [0.2, 0.25) is 5.02 Å². The van der Waals surface area contributed by atoms with Crippen LogP contribution in [0, 0.1) is 17.0 Å². The van der Waals surface area contributed by atoms with Gasteiger partial charge in [-0.2, -0.15) is 0 Å². The van der Waals surface area contributed by atoms with Crippen molar-refractivity contribution in [3.8, 4) is 11.3 Å². The number of halogens is 1. The number of nitrogens with zero attached hydrogens (tertiary/aromatic N) is 3. The van der Waals surface area contributed by atoms with Crippen LogP contribution in [0.15, 0.2) is 41.9 Å². The molecule has 0 spiro atoms. The molecule has 3 rings (SSSR count). The van der Waals surface area contributed by atoms with Gasteiger partial charge >= 0.3 is 0 Å². The van der Waals surface area contributed by atoms with Crippen molar-refractivity contribution in [2.24, 2.45) is 0 Å². The number of nitrogens with one attached hydrogen (secondary N) is 1. The summed E-state index contributed by atoms with van der Waals surface area (Å²) in [7, 11) is 0. The van der Waals surface area contributed by atoms with Crippen LogP contribution in [-0.4, -0.2) is 21.4 Å². The van der Waals surface area contributed by atoms with Crippen molar-refractivity contribution < 1.29 is 4.92 Å². The number of anilines is 1. The van der Waals surface area contributed by atoms with E-state index in [1.165, 1.54) is 17.8 Å². The number of thiazole rings is 1. The van der Waals surface area contributed by atoms with Crippen LogP contribution < -0.4 is 5.32 Å². The van der Waals surface area contributed by atoms with E-state index in [0.29, 0.717) is 12.4 Å². The largest absolute Gasteiger partial charge is 0.368 e. The number of nitro groups is 1. The molecule has 2 heterocycles. The predicted molar refractivity (Wildman–Crippen MR) is 100 cm³/mol. The third-order valence-electron chi connectivity index (χ3n) is 3.61. The quantitative estimate of drug-likeness (QED) is 0.498. The van der Waals surface area contributed by atoms with Crippen LogP contribution in [-0.2, 0) is 6.42 Å². The van der Waals surface area contributed by atoms with Gasteiger partial charge in [-0.15, -0.1) is 11.3 Å². The van der Waals surface area contributed by atoms with Gasteiger partial charge in [-0.25, -0.2) is 9.97 Å². The van der Waals surface area contributed by atoms with E-state index in [-0.39, 0.29) is 10.7 Å². The Balaban J connectivity index is 1.58. The van der Waals surface area contributed by atoms with Crippen molar-refractivity contribution >= 4 is 34.4 Å². The molecule has 128 valence electrons. The van der Waals surface area contributed by atoms with E-state index in [9.17, 15) is 10.1 Å². The Labute approximate surface area is 153 Å². The molecule has 1 N–H and O–H groups in total. The molecule has 2 aromatic heterocycles. The van der Waals surface area contributed by atoms with Gasteiger partial charge in [-0.1, -0.05) is 35.9 Å². The average molecular weight is 375 g/mol. The number of rotatable bonds is 6. The van der Waals surface area contributed by atoms with Crippen molar-refractivity contribution in [2.45, 2.75) is 13.3 Å². The highest BCUT2D eigenvalue weighted by molar-refractivity contribution is 7.09. The average Bonchev–Trinajstić information content (AvgIpc) is 3.03. The highest BCUT2D eigenvalue weighted by atomic mass is 35.5. The normalized spacial score (nSPS) is 10.6. The van der Waals surface area contributed by atoms with Gasteiger partial charge in [-0.3, -0.25) is 10.1 Å². The van der Waals surface area contributed by atoms with Gasteiger partial charge in [0.2, 0.25) is 0 Å². The molecular formula is C17H15ClN4O2S. The standard InChI is InChI=1S/C17H15ClN4O2S/c1-11-21-16(10-25-11)13-4-2-12(3-5-13)6-7-19-17-15(18)8-14(9-20-17)22(23)24/h2-5,8-10H,6-7H2,1H3,(H,19,20). The molecule has 0 aliphatic heterocycles. The zero-order valence-corrected chi connectivity index (χ0v) is 15.0. The fourth-order valence-electron chi connectivity index (χ4n) is 2.32. The molecule has 0 aliphatic rings. The van der Waals surface area contributed by atoms with Gasteiger partial charge < -0.3 is 5.32 Å². The van der Waals surface area contributed by atoms with Crippen LogP contribution in [0.5, 0.6) is 0 Å². The molecular weight excluding hydrogens is 360 g/mol. The van der Waals surface area contributed by atoms with E-state index in [2.05, 4.69) is 39.6 Å². The molecule has 0 saturated carbocycles. The Morgan fingerprint density at radius 2 is 2.08 bits per heavy atom. The van der Waals surface area contributed by atoms with Gasteiger partial charge in [0.25, 0.3) is 5.69 Å². The minimum atomic E-state index is -0.520. The molecule has 1 aromatic carbocycles. The summed E-state index contributed by atoms with van der Waals surface area (Å²) in [5.74, 6) is 0.446. The lowest BCUT2D eigenvalue weighted by molar-refractivity contribution is -0.385. The van der Waals surface area contributed by atoms with Crippen LogP contribution in [0.3, 0.4) is 0 Å². The van der Waals surface area contributed by atoms with Gasteiger partial charge in [0.05, 0.1) is 20.6 Å². The van der Waals surface area contributed by atoms with Crippen molar-refractivity contribution in [1.82, 2.24) is 9.97 Å². The monoisotopic (exact) mass is 374 g/mol. The highest BCUT2D eigenvalue weighted by Crippen LogP contribution is 2.24. The van der Waals surface area contributed by atoms with E-state index in [0.717, 1.165) is 22.7 Å². The maximum Gasteiger partial charge on any atom is 0.289 e. The first kappa shape index (κ1) is 17.3. The predicted octanol–water partition coefficient (Wildman–Crippen LogP) is 4.73. The van der Waals surface area contributed by atoms with E-state index in [1.54, 1.807) is 11.3 Å². The number of aryl methyl sites for hydroxylation is 1. The summed E-state index contributed by atoms with van der Waals surface area (Å²) in [5, 5.41) is 17.1. The summed E-state index contributed by atoms with van der Waals surface area (Å²) >= 11 is 7.65. The van der Waals surface area contributed by atoms with E-state index < -0.39 is 4.92 Å². The first-order valence-corrected chi connectivity index (χ1v) is 8.84. The minimum absolute atomic E-state index is 0.122. The third kappa shape index (κ3) is 4.32. The number of benzene rings is 1. The lowest BCUT2D eigenvalue weighted by Gasteiger charge is -2.07. The number of aromatic nitrogens is 2. The van der Waals surface area contributed by atoms with Crippen LogP contribution >= 0.6 is 22.9 Å². The van der Waals surface area contributed by atoms with Crippen molar-refractivity contribution in [3.05, 3.63) is 67.6 Å². The molecule has 0 atom stereocenters. The van der Waals surface area contributed by atoms with Gasteiger partial charge in [0, 0.05) is 23.6 Å². The molecule has 25 heavy (non-hydrogen) atoms. The molecule has 6 nitrogen and oxygen atoms in total. The topological polar surface area (TPSA) is 81.0 Å². The summed E-state index contributed by atoms with van der Waals surface area (Å²) in [6, 6.07) is 9.54. The van der Waals surface area contributed by atoms with Crippen LogP contribution in [0.1, 0.15) is 10.6 Å². The Bertz CT molecular complexity index is 896.